The molecule has 0 atom stereocenters. The monoisotopic (exact) mass is 234 g/mol. The van der Waals surface area contributed by atoms with Gasteiger partial charge in [-0.3, -0.25) is 4.79 Å². The molecule has 1 aromatic carbocycles. The minimum atomic E-state index is -0.378. The minimum absolute atomic E-state index is 0.0783. The first-order valence-corrected chi connectivity index (χ1v) is 5.03. The number of hydrogen-bond acceptors (Lipinski definition) is 5. The van der Waals surface area contributed by atoms with Gasteiger partial charge in [-0.15, -0.1) is 0 Å². The second-order valence-electron chi connectivity index (χ2n) is 3.39. The van der Waals surface area contributed by atoms with Gasteiger partial charge in [0, 0.05) is 12.1 Å². The van der Waals surface area contributed by atoms with Crippen molar-refractivity contribution in [2.75, 3.05) is 14.2 Å². The Bertz CT molecular complexity index is 464. The third kappa shape index (κ3) is 2.95. The van der Waals surface area contributed by atoms with Crippen LogP contribution < -0.4 is 10.5 Å². The van der Waals surface area contributed by atoms with Crippen molar-refractivity contribution in [1.82, 2.24) is 0 Å². The summed E-state index contributed by atoms with van der Waals surface area (Å²) < 4.78 is 9.75. The predicted molar refractivity (Wildman–Crippen MR) is 61.3 cm³/mol. The van der Waals surface area contributed by atoms with E-state index in [0.717, 1.165) is 5.56 Å². The number of nitrogens with zero attached hydrogens (tertiary/aromatic N) is 1. The number of rotatable bonds is 4. The number of methoxy groups -OCH3 is 2. The van der Waals surface area contributed by atoms with Crippen molar-refractivity contribution in [3.63, 3.8) is 0 Å². The fourth-order valence-electron chi connectivity index (χ4n) is 1.57. The van der Waals surface area contributed by atoms with Crippen molar-refractivity contribution in [1.29, 1.82) is 5.26 Å². The number of hydrogen-bond donors (Lipinski definition) is 1. The van der Waals surface area contributed by atoms with Crippen LogP contribution in [-0.4, -0.2) is 20.2 Å². The summed E-state index contributed by atoms with van der Waals surface area (Å²) in [5.74, 6) is 0.141. The third-order valence-electron chi connectivity index (χ3n) is 2.42. The molecule has 0 aliphatic rings. The minimum Gasteiger partial charge on any atom is -0.496 e. The molecule has 1 aromatic rings. The van der Waals surface area contributed by atoms with E-state index in [2.05, 4.69) is 4.74 Å². The van der Waals surface area contributed by atoms with Gasteiger partial charge in [0.2, 0.25) is 0 Å². The van der Waals surface area contributed by atoms with Crippen LogP contribution in [0.15, 0.2) is 12.1 Å². The van der Waals surface area contributed by atoms with Crippen molar-refractivity contribution in [3.8, 4) is 11.8 Å². The Balaban J connectivity index is 3.25. The Kier molecular flexibility index (Phi) is 4.49. The quantitative estimate of drug-likeness (QED) is 0.776. The number of esters is 1. The fourth-order valence-corrected chi connectivity index (χ4v) is 1.57. The van der Waals surface area contributed by atoms with Crippen LogP contribution in [0.3, 0.4) is 0 Å². The van der Waals surface area contributed by atoms with Gasteiger partial charge in [0.05, 0.1) is 32.3 Å². The van der Waals surface area contributed by atoms with Crippen molar-refractivity contribution >= 4 is 5.97 Å². The number of carbonyl (C=O) groups is 1. The van der Waals surface area contributed by atoms with Crippen LogP contribution in [0.2, 0.25) is 0 Å². The normalized spacial score (nSPS) is 9.53. The topological polar surface area (TPSA) is 85.3 Å². The molecule has 17 heavy (non-hydrogen) atoms. The van der Waals surface area contributed by atoms with Gasteiger partial charge >= 0.3 is 5.97 Å². The van der Waals surface area contributed by atoms with E-state index in [0.29, 0.717) is 16.9 Å². The SMILES string of the molecule is COC(=O)Cc1cc(C#N)cc(OC)c1CN. The molecule has 0 heterocycles. The highest BCUT2D eigenvalue weighted by Crippen LogP contribution is 2.24. The van der Waals surface area contributed by atoms with Gasteiger partial charge in [-0.2, -0.15) is 5.26 Å². The van der Waals surface area contributed by atoms with Crippen LogP contribution >= 0.6 is 0 Å². The van der Waals surface area contributed by atoms with E-state index in [1.807, 2.05) is 6.07 Å². The van der Waals surface area contributed by atoms with Crippen LogP contribution in [0.4, 0.5) is 0 Å². The summed E-state index contributed by atoms with van der Waals surface area (Å²) >= 11 is 0. The first-order chi connectivity index (χ1) is 8.15. The van der Waals surface area contributed by atoms with Gasteiger partial charge in [-0.1, -0.05) is 0 Å². The van der Waals surface area contributed by atoms with Crippen molar-refractivity contribution < 1.29 is 14.3 Å². The molecule has 0 saturated carbocycles. The smallest absolute Gasteiger partial charge is 0.309 e. The Morgan fingerprint density at radius 3 is 2.65 bits per heavy atom. The lowest BCUT2D eigenvalue weighted by atomic mass is 10.0. The third-order valence-corrected chi connectivity index (χ3v) is 2.42. The zero-order valence-electron chi connectivity index (χ0n) is 9.82. The molecule has 2 N–H and O–H groups in total. The lowest BCUT2D eigenvalue weighted by Crippen LogP contribution is -2.11. The average Bonchev–Trinajstić information content (AvgIpc) is 2.37. The molecule has 5 heteroatoms. The first kappa shape index (κ1) is 13.0. The maximum absolute atomic E-state index is 11.3. The second kappa shape index (κ2) is 5.87. The van der Waals surface area contributed by atoms with E-state index in [4.69, 9.17) is 15.7 Å². The number of carbonyl (C=O) groups excluding carboxylic acids is 1. The highest BCUT2D eigenvalue weighted by Gasteiger charge is 2.13. The molecule has 90 valence electrons. The number of nitriles is 1. The van der Waals surface area contributed by atoms with Gasteiger partial charge < -0.3 is 15.2 Å². The Labute approximate surface area is 99.7 Å². The van der Waals surface area contributed by atoms with E-state index in [1.165, 1.54) is 14.2 Å². The average molecular weight is 234 g/mol. The number of benzene rings is 1. The fraction of sp³-hybridized carbons (Fsp3) is 0.333. The highest BCUT2D eigenvalue weighted by atomic mass is 16.5. The molecule has 0 aliphatic heterocycles. The molecule has 5 nitrogen and oxygen atoms in total. The van der Waals surface area contributed by atoms with Gasteiger partial charge in [0.1, 0.15) is 5.75 Å². The number of ether oxygens (including phenoxy) is 2. The van der Waals surface area contributed by atoms with Crippen molar-refractivity contribution in [2.24, 2.45) is 5.73 Å². The summed E-state index contributed by atoms with van der Waals surface area (Å²) in [6.45, 7) is 0.237. The predicted octanol–water partition coefficient (Wildman–Crippen LogP) is 0.741. The molecule has 0 spiro atoms. The molecule has 0 radical (unpaired) electrons. The summed E-state index contributed by atoms with van der Waals surface area (Å²) in [5, 5.41) is 8.88. The molecular weight excluding hydrogens is 220 g/mol. The second-order valence-corrected chi connectivity index (χ2v) is 3.39. The van der Waals surface area contributed by atoms with E-state index in [-0.39, 0.29) is 18.9 Å². The molecule has 0 fully saturated rings. The van der Waals surface area contributed by atoms with E-state index in [9.17, 15) is 4.79 Å². The van der Waals surface area contributed by atoms with E-state index >= 15 is 0 Å². The summed E-state index contributed by atoms with van der Waals surface area (Å²) in [6, 6.07) is 5.24. The van der Waals surface area contributed by atoms with Crippen molar-refractivity contribution in [3.05, 3.63) is 28.8 Å². The van der Waals surface area contributed by atoms with Crippen LogP contribution in [0.5, 0.6) is 5.75 Å². The summed E-state index contributed by atoms with van der Waals surface area (Å²) in [4.78, 5) is 11.3. The lowest BCUT2D eigenvalue weighted by molar-refractivity contribution is -0.139. The molecular formula is C12H14N2O3. The van der Waals surface area contributed by atoms with E-state index in [1.54, 1.807) is 12.1 Å². The maximum atomic E-state index is 11.3. The number of nitrogens with two attached hydrogens (primary N) is 1. The Morgan fingerprint density at radius 1 is 1.47 bits per heavy atom. The van der Waals surface area contributed by atoms with Gasteiger partial charge in [-0.25, -0.2) is 0 Å². The molecule has 0 saturated heterocycles. The van der Waals surface area contributed by atoms with Crippen LogP contribution in [-0.2, 0) is 22.5 Å². The lowest BCUT2D eigenvalue weighted by Gasteiger charge is -2.12. The van der Waals surface area contributed by atoms with Crippen LogP contribution in [0, 0.1) is 11.3 Å². The largest absolute Gasteiger partial charge is 0.496 e. The summed E-state index contributed by atoms with van der Waals surface area (Å²) in [5.41, 5.74) is 7.43. The van der Waals surface area contributed by atoms with Gasteiger partial charge in [0.15, 0.2) is 0 Å². The molecule has 0 aliphatic carbocycles. The van der Waals surface area contributed by atoms with Gasteiger partial charge in [-0.05, 0) is 17.7 Å². The molecule has 0 amide bonds. The summed E-state index contributed by atoms with van der Waals surface area (Å²) in [6.07, 6.45) is 0.0783. The van der Waals surface area contributed by atoms with Gasteiger partial charge in [0.25, 0.3) is 0 Å². The van der Waals surface area contributed by atoms with Crippen LogP contribution in [0.1, 0.15) is 16.7 Å². The van der Waals surface area contributed by atoms with E-state index < -0.39 is 0 Å². The summed E-state index contributed by atoms with van der Waals surface area (Å²) in [7, 11) is 2.81. The van der Waals surface area contributed by atoms with Crippen molar-refractivity contribution in [2.45, 2.75) is 13.0 Å². The molecule has 1 rings (SSSR count). The molecule has 0 bridgehead atoms. The Morgan fingerprint density at radius 2 is 2.18 bits per heavy atom. The highest BCUT2D eigenvalue weighted by molar-refractivity contribution is 5.73. The first-order valence-electron chi connectivity index (χ1n) is 5.03. The Hall–Kier alpha value is -2.06. The zero-order valence-corrected chi connectivity index (χ0v) is 9.82. The van der Waals surface area contributed by atoms with Crippen LogP contribution in [0.25, 0.3) is 0 Å². The standard InChI is InChI=1S/C12H14N2O3/c1-16-11-4-8(6-13)3-9(10(11)7-14)5-12(15)17-2/h3-4H,5,7,14H2,1-2H3. The molecule has 0 unspecified atom stereocenters. The molecule has 0 aromatic heterocycles. The maximum Gasteiger partial charge on any atom is 0.309 e. The zero-order chi connectivity index (χ0) is 12.8.